The van der Waals surface area contributed by atoms with E-state index in [1.165, 1.54) is 0 Å². The van der Waals surface area contributed by atoms with Crippen molar-refractivity contribution in [2.75, 3.05) is 7.11 Å². The summed E-state index contributed by atoms with van der Waals surface area (Å²) in [7, 11) is 1.75. The Morgan fingerprint density at radius 1 is 1.28 bits per heavy atom. The van der Waals surface area contributed by atoms with E-state index in [-0.39, 0.29) is 23.9 Å². The molecule has 6 heteroatoms. The van der Waals surface area contributed by atoms with E-state index in [4.69, 9.17) is 9.72 Å². The molecule has 0 aromatic carbocycles. The highest BCUT2D eigenvalue weighted by atomic mass is 16.5. The Bertz CT molecular complexity index is 732. The van der Waals surface area contributed by atoms with Gasteiger partial charge in [0.2, 0.25) is 5.91 Å². The third-order valence-corrected chi connectivity index (χ3v) is 5.12. The van der Waals surface area contributed by atoms with Crippen LogP contribution in [-0.4, -0.2) is 33.7 Å². The molecule has 3 rings (SSSR count). The van der Waals surface area contributed by atoms with Crippen molar-refractivity contribution in [3.8, 4) is 0 Å². The number of rotatable bonds is 5. The van der Waals surface area contributed by atoms with Gasteiger partial charge in [0.25, 0.3) is 0 Å². The van der Waals surface area contributed by atoms with E-state index in [9.17, 15) is 4.79 Å². The SMILES string of the molecule is COC1CCC(C(=O)N[C@H](C)c2nc3cccnc3n2C(C)C)CC1. The minimum atomic E-state index is -0.149. The van der Waals surface area contributed by atoms with Gasteiger partial charge in [0.1, 0.15) is 11.3 Å². The molecule has 2 aromatic heterocycles. The van der Waals surface area contributed by atoms with Crippen LogP contribution in [0.15, 0.2) is 18.3 Å². The number of nitrogens with one attached hydrogen (secondary N) is 1. The molecule has 0 radical (unpaired) electrons. The third kappa shape index (κ3) is 3.68. The number of nitrogens with zero attached hydrogens (tertiary/aromatic N) is 3. The second-order valence-corrected chi connectivity index (χ2v) is 7.22. The van der Waals surface area contributed by atoms with Gasteiger partial charge in [0.15, 0.2) is 5.65 Å². The van der Waals surface area contributed by atoms with E-state index in [1.807, 2.05) is 19.1 Å². The van der Waals surface area contributed by atoms with Crippen molar-refractivity contribution in [3.05, 3.63) is 24.2 Å². The Kier molecular flexibility index (Phi) is 5.37. The lowest BCUT2D eigenvalue weighted by Crippen LogP contribution is -2.36. The number of hydrogen-bond acceptors (Lipinski definition) is 4. The van der Waals surface area contributed by atoms with Crippen LogP contribution in [0.2, 0.25) is 0 Å². The number of pyridine rings is 1. The summed E-state index contributed by atoms with van der Waals surface area (Å²) in [6.07, 6.45) is 5.77. The Labute approximate surface area is 149 Å². The number of aromatic nitrogens is 3. The van der Waals surface area contributed by atoms with E-state index in [2.05, 4.69) is 28.7 Å². The molecule has 2 aromatic rings. The fraction of sp³-hybridized carbons (Fsp3) is 0.632. The maximum Gasteiger partial charge on any atom is 0.223 e. The standard InChI is InChI=1S/C19H28N4O2/c1-12(2)23-17(22-16-6-5-11-20-18(16)23)13(3)21-19(24)14-7-9-15(25-4)10-8-14/h5-6,11-15H,7-10H2,1-4H3,(H,21,24)/t13-,14?,15?/m1/s1. The number of imidazole rings is 1. The molecule has 2 heterocycles. The molecule has 1 aliphatic rings. The molecular formula is C19H28N4O2. The molecule has 136 valence electrons. The van der Waals surface area contributed by atoms with E-state index >= 15 is 0 Å². The van der Waals surface area contributed by atoms with Crippen molar-refractivity contribution in [1.82, 2.24) is 19.9 Å². The van der Waals surface area contributed by atoms with Gasteiger partial charge < -0.3 is 14.6 Å². The molecule has 1 fully saturated rings. The topological polar surface area (TPSA) is 69.0 Å². The third-order valence-electron chi connectivity index (χ3n) is 5.12. The van der Waals surface area contributed by atoms with Crippen LogP contribution in [0.1, 0.15) is 64.4 Å². The quantitative estimate of drug-likeness (QED) is 0.902. The predicted molar refractivity (Wildman–Crippen MR) is 97.2 cm³/mol. The largest absolute Gasteiger partial charge is 0.381 e. The van der Waals surface area contributed by atoms with Crippen LogP contribution in [-0.2, 0) is 9.53 Å². The normalized spacial score (nSPS) is 22.3. The Balaban J connectivity index is 1.75. The lowest BCUT2D eigenvalue weighted by Gasteiger charge is -2.28. The molecule has 1 atom stereocenters. The summed E-state index contributed by atoms with van der Waals surface area (Å²) < 4.78 is 7.51. The lowest BCUT2D eigenvalue weighted by atomic mass is 9.86. The second-order valence-electron chi connectivity index (χ2n) is 7.22. The monoisotopic (exact) mass is 344 g/mol. The molecule has 25 heavy (non-hydrogen) atoms. The maximum absolute atomic E-state index is 12.7. The number of fused-ring (bicyclic) bond motifs is 1. The molecule has 0 saturated heterocycles. The first kappa shape index (κ1) is 17.9. The summed E-state index contributed by atoms with van der Waals surface area (Å²) >= 11 is 0. The van der Waals surface area contributed by atoms with Crippen molar-refractivity contribution < 1.29 is 9.53 Å². The molecular weight excluding hydrogens is 316 g/mol. The Morgan fingerprint density at radius 3 is 2.64 bits per heavy atom. The molecule has 1 aliphatic carbocycles. The van der Waals surface area contributed by atoms with Gasteiger partial charge in [-0.15, -0.1) is 0 Å². The average molecular weight is 344 g/mol. The molecule has 0 bridgehead atoms. The van der Waals surface area contributed by atoms with Crippen LogP contribution in [0, 0.1) is 5.92 Å². The first-order valence-corrected chi connectivity index (χ1v) is 9.17. The molecule has 0 unspecified atom stereocenters. The van der Waals surface area contributed by atoms with Crippen molar-refractivity contribution in [2.24, 2.45) is 5.92 Å². The van der Waals surface area contributed by atoms with E-state index in [1.54, 1.807) is 13.3 Å². The summed E-state index contributed by atoms with van der Waals surface area (Å²) in [4.78, 5) is 21.9. The molecule has 1 amide bonds. The van der Waals surface area contributed by atoms with Gasteiger partial charge in [-0.05, 0) is 58.6 Å². The van der Waals surface area contributed by atoms with Crippen molar-refractivity contribution in [1.29, 1.82) is 0 Å². The summed E-state index contributed by atoms with van der Waals surface area (Å²) in [5.74, 6) is 1.06. The fourth-order valence-corrected chi connectivity index (χ4v) is 3.72. The van der Waals surface area contributed by atoms with Crippen molar-refractivity contribution in [2.45, 2.75) is 64.6 Å². The molecule has 6 nitrogen and oxygen atoms in total. The van der Waals surface area contributed by atoms with Crippen LogP contribution < -0.4 is 5.32 Å². The highest BCUT2D eigenvalue weighted by Crippen LogP contribution is 2.28. The van der Waals surface area contributed by atoms with Gasteiger partial charge in [-0.25, -0.2) is 9.97 Å². The van der Waals surface area contributed by atoms with E-state index in [0.29, 0.717) is 6.10 Å². The predicted octanol–water partition coefficient (Wildman–Crippen LogP) is 3.39. The van der Waals surface area contributed by atoms with Gasteiger partial charge in [0, 0.05) is 25.3 Å². The van der Waals surface area contributed by atoms with Crippen LogP contribution >= 0.6 is 0 Å². The first-order chi connectivity index (χ1) is 12.0. The summed E-state index contributed by atoms with van der Waals surface area (Å²) in [6.45, 7) is 6.22. The van der Waals surface area contributed by atoms with Gasteiger partial charge >= 0.3 is 0 Å². The van der Waals surface area contributed by atoms with Gasteiger partial charge in [-0.1, -0.05) is 0 Å². The number of carbonyl (C=O) groups is 1. The van der Waals surface area contributed by atoms with Crippen LogP contribution in [0.3, 0.4) is 0 Å². The zero-order valence-corrected chi connectivity index (χ0v) is 15.5. The van der Waals surface area contributed by atoms with Crippen molar-refractivity contribution >= 4 is 17.1 Å². The maximum atomic E-state index is 12.7. The minimum Gasteiger partial charge on any atom is -0.381 e. The summed E-state index contributed by atoms with van der Waals surface area (Å²) in [5, 5.41) is 3.16. The average Bonchev–Trinajstić information content (AvgIpc) is 3.01. The molecule has 1 N–H and O–H groups in total. The summed E-state index contributed by atoms with van der Waals surface area (Å²) in [5.41, 5.74) is 1.74. The van der Waals surface area contributed by atoms with Gasteiger partial charge in [-0.2, -0.15) is 0 Å². The van der Waals surface area contributed by atoms with E-state index in [0.717, 1.165) is 42.7 Å². The zero-order chi connectivity index (χ0) is 18.0. The first-order valence-electron chi connectivity index (χ1n) is 9.17. The smallest absolute Gasteiger partial charge is 0.223 e. The minimum absolute atomic E-state index is 0.0730. The summed E-state index contributed by atoms with van der Waals surface area (Å²) in [6, 6.07) is 3.93. The van der Waals surface area contributed by atoms with Crippen molar-refractivity contribution in [3.63, 3.8) is 0 Å². The number of ether oxygens (including phenoxy) is 1. The molecule has 0 spiro atoms. The number of methoxy groups -OCH3 is 1. The van der Waals surface area contributed by atoms with E-state index < -0.39 is 0 Å². The Morgan fingerprint density at radius 2 is 2.00 bits per heavy atom. The number of carbonyl (C=O) groups excluding carboxylic acids is 1. The fourth-order valence-electron chi connectivity index (χ4n) is 3.72. The highest BCUT2D eigenvalue weighted by Gasteiger charge is 2.28. The Hall–Kier alpha value is -1.95. The van der Waals surface area contributed by atoms with Crippen LogP contribution in [0.4, 0.5) is 0 Å². The second kappa shape index (κ2) is 7.52. The van der Waals surface area contributed by atoms with Crippen LogP contribution in [0.5, 0.6) is 0 Å². The van der Waals surface area contributed by atoms with Gasteiger partial charge in [0.05, 0.1) is 12.1 Å². The lowest BCUT2D eigenvalue weighted by molar-refractivity contribution is -0.127. The molecule has 1 saturated carbocycles. The highest BCUT2D eigenvalue weighted by molar-refractivity contribution is 5.79. The molecule has 0 aliphatic heterocycles. The zero-order valence-electron chi connectivity index (χ0n) is 15.5. The van der Waals surface area contributed by atoms with Crippen LogP contribution in [0.25, 0.3) is 11.2 Å². The number of hydrogen-bond donors (Lipinski definition) is 1. The van der Waals surface area contributed by atoms with Gasteiger partial charge in [-0.3, -0.25) is 4.79 Å². The number of amides is 1.